The van der Waals surface area contributed by atoms with Crippen LogP contribution in [0.5, 0.6) is 0 Å². The van der Waals surface area contributed by atoms with E-state index in [9.17, 15) is 4.79 Å². The van der Waals surface area contributed by atoms with Crippen molar-refractivity contribution >= 4 is 5.91 Å². The van der Waals surface area contributed by atoms with E-state index in [1.807, 2.05) is 6.92 Å². The standard InChI is InChI=1S/C11H22N2O4/c1-11(8-17-7-9(11)12)10(14)13-3-4-16-6-5-15-2/h9H,3-8,12H2,1-2H3,(H,13,14). The maximum absolute atomic E-state index is 11.9. The van der Waals surface area contributed by atoms with Gasteiger partial charge in [-0.1, -0.05) is 0 Å². The molecule has 6 nitrogen and oxygen atoms in total. The fraction of sp³-hybridized carbons (Fsp3) is 0.909. The molecule has 0 aliphatic carbocycles. The summed E-state index contributed by atoms with van der Waals surface area (Å²) in [6.45, 7) is 4.69. The molecule has 6 heteroatoms. The molecule has 0 radical (unpaired) electrons. The third-order valence-electron chi connectivity index (χ3n) is 3.00. The quantitative estimate of drug-likeness (QED) is 0.571. The molecule has 17 heavy (non-hydrogen) atoms. The van der Waals surface area contributed by atoms with Gasteiger partial charge in [0.1, 0.15) is 0 Å². The minimum Gasteiger partial charge on any atom is -0.382 e. The maximum Gasteiger partial charge on any atom is 0.230 e. The molecular weight excluding hydrogens is 224 g/mol. The predicted molar refractivity (Wildman–Crippen MR) is 62.6 cm³/mol. The Morgan fingerprint density at radius 1 is 1.53 bits per heavy atom. The van der Waals surface area contributed by atoms with Crippen molar-refractivity contribution in [3.63, 3.8) is 0 Å². The van der Waals surface area contributed by atoms with Crippen molar-refractivity contribution in [3.05, 3.63) is 0 Å². The number of ether oxygens (including phenoxy) is 3. The molecule has 1 heterocycles. The van der Waals surface area contributed by atoms with E-state index in [-0.39, 0.29) is 11.9 Å². The lowest BCUT2D eigenvalue weighted by molar-refractivity contribution is -0.130. The molecule has 1 aliphatic heterocycles. The average molecular weight is 246 g/mol. The highest BCUT2D eigenvalue weighted by Gasteiger charge is 2.44. The first kappa shape index (κ1) is 14.4. The molecule has 2 unspecified atom stereocenters. The van der Waals surface area contributed by atoms with Crippen molar-refractivity contribution in [1.82, 2.24) is 5.32 Å². The Bertz CT molecular complexity index is 250. The number of nitrogens with one attached hydrogen (secondary N) is 1. The monoisotopic (exact) mass is 246 g/mol. The Morgan fingerprint density at radius 3 is 2.88 bits per heavy atom. The van der Waals surface area contributed by atoms with Crippen LogP contribution >= 0.6 is 0 Å². The van der Waals surface area contributed by atoms with E-state index in [0.29, 0.717) is 39.6 Å². The molecule has 2 atom stereocenters. The summed E-state index contributed by atoms with van der Waals surface area (Å²) in [6.07, 6.45) is 0. The van der Waals surface area contributed by atoms with E-state index in [2.05, 4.69) is 5.32 Å². The van der Waals surface area contributed by atoms with Crippen LogP contribution in [0.2, 0.25) is 0 Å². The average Bonchev–Trinajstić information content (AvgIpc) is 2.65. The van der Waals surface area contributed by atoms with E-state index in [1.165, 1.54) is 0 Å². The summed E-state index contributed by atoms with van der Waals surface area (Å²) in [5.41, 5.74) is 5.23. The molecule has 1 fully saturated rings. The summed E-state index contributed by atoms with van der Waals surface area (Å²) >= 11 is 0. The molecule has 1 aliphatic rings. The summed E-state index contributed by atoms with van der Waals surface area (Å²) < 4.78 is 15.3. The van der Waals surface area contributed by atoms with E-state index >= 15 is 0 Å². The molecule has 3 N–H and O–H groups in total. The van der Waals surface area contributed by atoms with Crippen molar-refractivity contribution < 1.29 is 19.0 Å². The summed E-state index contributed by atoms with van der Waals surface area (Å²) in [6, 6.07) is -0.239. The third-order valence-corrected chi connectivity index (χ3v) is 3.00. The van der Waals surface area contributed by atoms with Gasteiger partial charge in [0, 0.05) is 19.7 Å². The molecule has 1 rings (SSSR count). The number of hydrogen-bond donors (Lipinski definition) is 2. The van der Waals surface area contributed by atoms with E-state index in [1.54, 1.807) is 7.11 Å². The van der Waals surface area contributed by atoms with Crippen molar-refractivity contribution in [2.24, 2.45) is 11.1 Å². The van der Waals surface area contributed by atoms with Crippen molar-refractivity contribution in [2.75, 3.05) is 46.7 Å². The van der Waals surface area contributed by atoms with Gasteiger partial charge in [-0.25, -0.2) is 0 Å². The predicted octanol–water partition coefficient (Wildman–Crippen LogP) is -0.871. The van der Waals surface area contributed by atoms with Gasteiger partial charge in [0.05, 0.1) is 38.4 Å². The lowest BCUT2D eigenvalue weighted by Gasteiger charge is -2.25. The highest BCUT2D eigenvalue weighted by Crippen LogP contribution is 2.26. The van der Waals surface area contributed by atoms with Crippen LogP contribution in [-0.2, 0) is 19.0 Å². The first-order valence-corrected chi connectivity index (χ1v) is 5.79. The van der Waals surface area contributed by atoms with Crippen molar-refractivity contribution in [1.29, 1.82) is 0 Å². The maximum atomic E-state index is 11.9. The molecule has 0 bridgehead atoms. The third kappa shape index (κ3) is 3.92. The van der Waals surface area contributed by atoms with Gasteiger partial charge in [0.2, 0.25) is 5.91 Å². The van der Waals surface area contributed by atoms with Gasteiger partial charge in [-0.15, -0.1) is 0 Å². The number of nitrogens with two attached hydrogens (primary N) is 1. The first-order chi connectivity index (χ1) is 8.11. The second-order valence-electron chi connectivity index (χ2n) is 4.40. The molecule has 0 aromatic carbocycles. The molecule has 1 amide bonds. The topological polar surface area (TPSA) is 82.8 Å². The molecule has 0 saturated carbocycles. The number of hydrogen-bond acceptors (Lipinski definition) is 5. The van der Waals surface area contributed by atoms with E-state index in [0.717, 1.165) is 0 Å². The molecule has 0 spiro atoms. The molecule has 1 saturated heterocycles. The smallest absolute Gasteiger partial charge is 0.230 e. The van der Waals surface area contributed by atoms with E-state index in [4.69, 9.17) is 19.9 Å². The Kier molecular flexibility index (Phi) is 5.84. The van der Waals surface area contributed by atoms with Crippen LogP contribution in [0, 0.1) is 5.41 Å². The fourth-order valence-electron chi connectivity index (χ4n) is 1.61. The lowest BCUT2D eigenvalue weighted by Crippen LogP contribution is -2.50. The van der Waals surface area contributed by atoms with Crippen molar-refractivity contribution in [2.45, 2.75) is 13.0 Å². The Hall–Kier alpha value is -0.690. The van der Waals surface area contributed by atoms with Gasteiger partial charge in [-0.3, -0.25) is 4.79 Å². The van der Waals surface area contributed by atoms with Gasteiger partial charge in [0.15, 0.2) is 0 Å². The first-order valence-electron chi connectivity index (χ1n) is 5.79. The van der Waals surface area contributed by atoms with E-state index < -0.39 is 5.41 Å². The molecule has 100 valence electrons. The summed E-state index contributed by atoms with van der Waals surface area (Å²) in [5.74, 6) is -0.0714. The zero-order valence-corrected chi connectivity index (χ0v) is 10.5. The fourth-order valence-corrected chi connectivity index (χ4v) is 1.61. The number of methoxy groups -OCH3 is 1. The zero-order chi connectivity index (χ0) is 12.7. The minimum absolute atomic E-state index is 0.0714. The van der Waals surface area contributed by atoms with Crippen LogP contribution in [0.4, 0.5) is 0 Å². The van der Waals surface area contributed by atoms with Crippen LogP contribution in [-0.4, -0.2) is 58.6 Å². The van der Waals surface area contributed by atoms with Crippen LogP contribution < -0.4 is 11.1 Å². The summed E-state index contributed by atoms with van der Waals surface area (Å²) in [4.78, 5) is 11.9. The Labute approximate surface area is 102 Å². The van der Waals surface area contributed by atoms with Crippen LogP contribution in [0.1, 0.15) is 6.92 Å². The minimum atomic E-state index is -0.619. The number of rotatable bonds is 7. The largest absolute Gasteiger partial charge is 0.382 e. The van der Waals surface area contributed by atoms with Crippen LogP contribution in [0.25, 0.3) is 0 Å². The molecule has 0 aromatic heterocycles. The number of amides is 1. The number of carbonyl (C=O) groups excluding carboxylic acids is 1. The Balaban J connectivity index is 2.16. The Morgan fingerprint density at radius 2 is 2.29 bits per heavy atom. The van der Waals surface area contributed by atoms with Crippen LogP contribution in [0.3, 0.4) is 0 Å². The highest BCUT2D eigenvalue weighted by atomic mass is 16.5. The normalized spacial score (nSPS) is 28.3. The van der Waals surface area contributed by atoms with Crippen molar-refractivity contribution in [3.8, 4) is 0 Å². The summed E-state index contributed by atoms with van der Waals surface area (Å²) in [5, 5.41) is 2.81. The lowest BCUT2D eigenvalue weighted by atomic mass is 9.85. The SMILES string of the molecule is COCCOCCNC(=O)C1(C)COCC1N. The number of carbonyl (C=O) groups is 1. The molecule has 0 aromatic rings. The summed E-state index contributed by atoms with van der Waals surface area (Å²) in [7, 11) is 1.62. The molecular formula is C11H22N2O4. The van der Waals surface area contributed by atoms with Crippen LogP contribution in [0.15, 0.2) is 0 Å². The van der Waals surface area contributed by atoms with Gasteiger partial charge in [-0.05, 0) is 6.92 Å². The highest BCUT2D eigenvalue weighted by molar-refractivity contribution is 5.83. The van der Waals surface area contributed by atoms with Gasteiger partial charge < -0.3 is 25.3 Å². The second kappa shape index (κ2) is 6.90. The van der Waals surface area contributed by atoms with Gasteiger partial charge in [0.25, 0.3) is 0 Å². The van der Waals surface area contributed by atoms with Gasteiger partial charge in [-0.2, -0.15) is 0 Å². The second-order valence-corrected chi connectivity index (χ2v) is 4.40. The zero-order valence-electron chi connectivity index (χ0n) is 10.5. The van der Waals surface area contributed by atoms with Gasteiger partial charge >= 0.3 is 0 Å².